The summed E-state index contributed by atoms with van der Waals surface area (Å²) in [6.45, 7) is 1.04. The Morgan fingerprint density at radius 2 is 1.73 bits per heavy atom. The Bertz CT molecular complexity index is 680. The first-order chi connectivity index (χ1) is 12.5. The summed E-state index contributed by atoms with van der Waals surface area (Å²) in [5.74, 6) is 0.876. The average molecular weight is 361 g/mol. The standard InChI is InChI=1S/C18H23N3O5/c1-24-14-10-12(11-15(25-2)17(14)26-3)18(23)21-8-5-13(6-9-21)20-16(22)4-7-19/h10-11,13H,4-6,8-9H2,1-3H3,(H,20,22). The lowest BCUT2D eigenvalue weighted by atomic mass is 10.0. The van der Waals surface area contributed by atoms with Gasteiger partial charge in [0.1, 0.15) is 6.42 Å². The van der Waals surface area contributed by atoms with E-state index in [1.807, 2.05) is 6.07 Å². The van der Waals surface area contributed by atoms with E-state index in [4.69, 9.17) is 19.5 Å². The second kappa shape index (κ2) is 8.94. The van der Waals surface area contributed by atoms with E-state index in [2.05, 4.69) is 5.32 Å². The molecule has 2 rings (SSSR count). The van der Waals surface area contributed by atoms with Crippen LogP contribution < -0.4 is 19.5 Å². The van der Waals surface area contributed by atoms with Crippen molar-refractivity contribution in [1.82, 2.24) is 10.2 Å². The first kappa shape index (κ1) is 19.4. The fourth-order valence-electron chi connectivity index (χ4n) is 2.96. The van der Waals surface area contributed by atoms with Crippen molar-refractivity contribution in [2.24, 2.45) is 0 Å². The highest BCUT2D eigenvalue weighted by atomic mass is 16.5. The molecule has 1 N–H and O–H groups in total. The lowest BCUT2D eigenvalue weighted by Crippen LogP contribution is -2.46. The number of rotatable bonds is 6. The van der Waals surface area contributed by atoms with Crippen LogP contribution in [0.15, 0.2) is 12.1 Å². The predicted molar refractivity (Wildman–Crippen MR) is 93.4 cm³/mol. The molecule has 8 heteroatoms. The molecule has 1 fully saturated rings. The van der Waals surface area contributed by atoms with Crippen LogP contribution in [0.4, 0.5) is 0 Å². The van der Waals surface area contributed by atoms with Crippen LogP contribution in [0.25, 0.3) is 0 Å². The number of nitriles is 1. The van der Waals surface area contributed by atoms with Crippen molar-refractivity contribution >= 4 is 11.8 Å². The molecule has 0 radical (unpaired) electrons. The van der Waals surface area contributed by atoms with Crippen molar-refractivity contribution in [3.05, 3.63) is 17.7 Å². The van der Waals surface area contributed by atoms with Gasteiger partial charge in [-0.2, -0.15) is 5.26 Å². The normalized spacial score (nSPS) is 14.3. The number of carbonyl (C=O) groups is 2. The highest BCUT2D eigenvalue weighted by Crippen LogP contribution is 2.38. The van der Waals surface area contributed by atoms with Crippen LogP contribution in [0.2, 0.25) is 0 Å². The topological polar surface area (TPSA) is 101 Å². The molecule has 0 atom stereocenters. The summed E-state index contributed by atoms with van der Waals surface area (Å²) in [6.07, 6.45) is 1.14. The van der Waals surface area contributed by atoms with Crippen molar-refractivity contribution in [2.75, 3.05) is 34.4 Å². The third-order valence-electron chi connectivity index (χ3n) is 4.30. The van der Waals surface area contributed by atoms with Crippen molar-refractivity contribution < 1.29 is 23.8 Å². The maximum Gasteiger partial charge on any atom is 0.254 e. The van der Waals surface area contributed by atoms with E-state index < -0.39 is 0 Å². The number of ether oxygens (including phenoxy) is 3. The molecule has 0 unspecified atom stereocenters. The largest absolute Gasteiger partial charge is 0.493 e. The predicted octanol–water partition coefficient (Wildman–Crippen LogP) is 1.35. The Balaban J connectivity index is 2.06. The lowest BCUT2D eigenvalue weighted by Gasteiger charge is -2.32. The van der Waals surface area contributed by atoms with Gasteiger partial charge in [-0.3, -0.25) is 9.59 Å². The van der Waals surface area contributed by atoms with Gasteiger partial charge in [0.05, 0.1) is 27.4 Å². The van der Waals surface area contributed by atoms with E-state index in [-0.39, 0.29) is 24.3 Å². The van der Waals surface area contributed by atoms with Crippen molar-refractivity contribution in [2.45, 2.75) is 25.3 Å². The van der Waals surface area contributed by atoms with E-state index in [1.54, 1.807) is 17.0 Å². The summed E-state index contributed by atoms with van der Waals surface area (Å²) in [7, 11) is 4.51. The number of likely N-dealkylation sites (tertiary alicyclic amines) is 1. The fraction of sp³-hybridized carbons (Fsp3) is 0.500. The lowest BCUT2D eigenvalue weighted by molar-refractivity contribution is -0.121. The van der Waals surface area contributed by atoms with Crippen molar-refractivity contribution in [3.63, 3.8) is 0 Å². The maximum atomic E-state index is 12.8. The van der Waals surface area contributed by atoms with E-state index >= 15 is 0 Å². The molecule has 0 spiro atoms. The quantitative estimate of drug-likeness (QED) is 0.821. The second-order valence-corrected chi connectivity index (χ2v) is 5.88. The first-order valence-corrected chi connectivity index (χ1v) is 8.29. The smallest absolute Gasteiger partial charge is 0.254 e. The number of piperidine rings is 1. The maximum absolute atomic E-state index is 12.8. The van der Waals surface area contributed by atoms with Crippen LogP contribution in [-0.4, -0.2) is 57.2 Å². The molecule has 1 aromatic rings. The summed E-state index contributed by atoms with van der Waals surface area (Å²) in [6, 6.07) is 5.07. The first-order valence-electron chi connectivity index (χ1n) is 8.29. The van der Waals surface area contributed by atoms with Gasteiger partial charge in [0, 0.05) is 24.7 Å². The molecule has 0 saturated carbocycles. The van der Waals surface area contributed by atoms with Gasteiger partial charge in [0.25, 0.3) is 5.91 Å². The number of benzene rings is 1. The molecule has 0 aliphatic carbocycles. The minimum atomic E-state index is -0.276. The zero-order valence-electron chi connectivity index (χ0n) is 15.2. The highest BCUT2D eigenvalue weighted by molar-refractivity contribution is 5.95. The molecule has 1 saturated heterocycles. The number of amides is 2. The minimum Gasteiger partial charge on any atom is -0.493 e. The summed E-state index contributed by atoms with van der Waals surface area (Å²) in [4.78, 5) is 26.0. The number of hydrogen-bond acceptors (Lipinski definition) is 6. The van der Waals surface area contributed by atoms with Crippen LogP contribution in [0, 0.1) is 11.3 Å². The van der Waals surface area contributed by atoms with E-state index in [0.717, 1.165) is 0 Å². The molecule has 0 aromatic heterocycles. The fourth-order valence-corrected chi connectivity index (χ4v) is 2.96. The van der Waals surface area contributed by atoms with Gasteiger partial charge in [-0.1, -0.05) is 0 Å². The summed E-state index contributed by atoms with van der Waals surface area (Å²) in [5, 5.41) is 11.4. The Labute approximate surface area is 152 Å². The summed E-state index contributed by atoms with van der Waals surface area (Å²) < 4.78 is 15.9. The van der Waals surface area contributed by atoms with Crippen LogP contribution in [-0.2, 0) is 4.79 Å². The van der Waals surface area contributed by atoms with Crippen LogP contribution in [0.5, 0.6) is 17.2 Å². The minimum absolute atomic E-state index is 0.0140. The van der Waals surface area contributed by atoms with Gasteiger partial charge >= 0.3 is 0 Å². The van der Waals surface area contributed by atoms with E-state index in [1.165, 1.54) is 21.3 Å². The molecule has 8 nitrogen and oxygen atoms in total. The van der Waals surface area contributed by atoms with Crippen LogP contribution in [0.3, 0.4) is 0 Å². The molecule has 140 valence electrons. The molecule has 0 bridgehead atoms. The number of carbonyl (C=O) groups excluding carboxylic acids is 2. The number of hydrogen-bond donors (Lipinski definition) is 1. The van der Waals surface area contributed by atoms with Gasteiger partial charge < -0.3 is 24.4 Å². The molecular weight excluding hydrogens is 338 g/mol. The molecule has 26 heavy (non-hydrogen) atoms. The van der Waals surface area contributed by atoms with Crippen molar-refractivity contribution in [3.8, 4) is 23.3 Å². The van der Waals surface area contributed by atoms with Gasteiger partial charge in [0.2, 0.25) is 11.7 Å². The van der Waals surface area contributed by atoms with Gasteiger partial charge in [0.15, 0.2) is 11.5 Å². The zero-order valence-corrected chi connectivity index (χ0v) is 15.2. The zero-order chi connectivity index (χ0) is 19.1. The summed E-state index contributed by atoms with van der Waals surface area (Å²) in [5.41, 5.74) is 0.450. The molecule has 1 aromatic carbocycles. The van der Waals surface area contributed by atoms with E-state index in [9.17, 15) is 9.59 Å². The summed E-state index contributed by atoms with van der Waals surface area (Å²) >= 11 is 0. The van der Waals surface area contributed by atoms with Crippen LogP contribution >= 0.6 is 0 Å². The highest BCUT2D eigenvalue weighted by Gasteiger charge is 2.26. The molecule has 1 aliphatic rings. The van der Waals surface area contributed by atoms with Gasteiger partial charge in [-0.05, 0) is 25.0 Å². The third-order valence-corrected chi connectivity index (χ3v) is 4.30. The molecule has 1 aliphatic heterocycles. The molecule has 2 amide bonds. The molecule has 1 heterocycles. The van der Waals surface area contributed by atoms with Crippen LogP contribution in [0.1, 0.15) is 29.6 Å². The Kier molecular flexibility index (Phi) is 6.67. The Morgan fingerprint density at radius 1 is 1.15 bits per heavy atom. The monoisotopic (exact) mass is 361 g/mol. The van der Waals surface area contributed by atoms with Crippen molar-refractivity contribution in [1.29, 1.82) is 5.26 Å². The van der Waals surface area contributed by atoms with Gasteiger partial charge in [-0.15, -0.1) is 0 Å². The third kappa shape index (κ3) is 4.36. The van der Waals surface area contributed by atoms with Gasteiger partial charge in [-0.25, -0.2) is 0 Å². The second-order valence-electron chi connectivity index (χ2n) is 5.88. The SMILES string of the molecule is COc1cc(C(=O)N2CCC(NC(=O)CC#N)CC2)cc(OC)c1OC. The van der Waals surface area contributed by atoms with E-state index in [0.29, 0.717) is 48.7 Å². The number of nitrogens with zero attached hydrogens (tertiary/aromatic N) is 2. The Hall–Kier alpha value is -2.95. The number of methoxy groups -OCH3 is 3. The number of nitrogens with one attached hydrogen (secondary N) is 1. The molecular formula is C18H23N3O5. The average Bonchev–Trinajstić information content (AvgIpc) is 2.66. The Morgan fingerprint density at radius 3 is 2.19 bits per heavy atom.